The first-order chi connectivity index (χ1) is 8.61. The molecule has 1 rings (SSSR count). The molecule has 1 N–H and O–H groups in total. The molecule has 0 unspecified atom stereocenters. The van der Waals surface area contributed by atoms with Gasteiger partial charge in [-0.1, -0.05) is 6.92 Å². The molecule has 0 amide bonds. The molecule has 1 saturated carbocycles. The molecule has 0 aromatic carbocycles. The van der Waals surface area contributed by atoms with Crippen molar-refractivity contribution in [2.75, 3.05) is 39.1 Å². The van der Waals surface area contributed by atoms with Gasteiger partial charge in [0.05, 0.1) is 12.4 Å². The van der Waals surface area contributed by atoms with Crippen LogP contribution in [-0.4, -0.2) is 57.9 Å². The molecule has 108 valence electrons. The first-order valence-corrected chi connectivity index (χ1v) is 8.42. The summed E-state index contributed by atoms with van der Waals surface area (Å²) < 4.78 is 31.0. The van der Waals surface area contributed by atoms with Gasteiger partial charge in [-0.05, 0) is 38.8 Å². The zero-order chi connectivity index (χ0) is 13.4. The zero-order valence-electron chi connectivity index (χ0n) is 11.5. The third-order valence-corrected chi connectivity index (χ3v) is 5.08. The van der Waals surface area contributed by atoms with Gasteiger partial charge in [-0.2, -0.15) is 4.31 Å². The van der Waals surface area contributed by atoms with Gasteiger partial charge in [0.25, 0.3) is 0 Å². The van der Waals surface area contributed by atoms with Crippen molar-refractivity contribution < 1.29 is 13.2 Å². The molecular weight excluding hydrogens is 252 g/mol. The Bertz CT molecular complexity index is 315. The minimum Gasteiger partial charge on any atom is -0.383 e. The molecule has 0 saturated heterocycles. The summed E-state index contributed by atoms with van der Waals surface area (Å²) in [5.74, 6) is 0.263. The van der Waals surface area contributed by atoms with E-state index in [0.717, 1.165) is 38.8 Å². The molecule has 0 bridgehead atoms. The second-order valence-corrected chi connectivity index (χ2v) is 6.75. The molecule has 0 aromatic rings. The van der Waals surface area contributed by atoms with Gasteiger partial charge in [0, 0.05) is 19.7 Å². The van der Waals surface area contributed by atoms with Crippen LogP contribution in [0.3, 0.4) is 0 Å². The Morgan fingerprint density at radius 1 is 1.33 bits per heavy atom. The van der Waals surface area contributed by atoms with Crippen LogP contribution in [0.25, 0.3) is 0 Å². The molecule has 0 atom stereocenters. The summed E-state index contributed by atoms with van der Waals surface area (Å²) >= 11 is 0. The Morgan fingerprint density at radius 2 is 2.06 bits per heavy atom. The molecule has 1 fully saturated rings. The van der Waals surface area contributed by atoms with E-state index in [9.17, 15) is 8.42 Å². The van der Waals surface area contributed by atoms with E-state index in [-0.39, 0.29) is 11.8 Å². The van der Waals surface area contributed by atoms with E-state index in [2.05, 4.69) is 12.2 Å². The topological polar surface area (TPSA) is 58.6 Å². The van der Waals surface area contributed by atoms with Gasteiger partial charge in [-0.15, -0.1) is 0 Å². The van der Waals surface area contributed by atoms with Crippen LogP contribution in [0.2, 0.25) is 0 Å². The van der Waals surface area contributed by atoms with Crippen LogP contribution in [0.1, 0.15) is 32.6 Å². The molecule has 0 radical (unpaired) electrons. The molecule has 6 heteroatoms. The lowest BCUT2D eigenvalue weighted by Gasteiger charge is -2.21. The quantitative estimate of drug-likeness (QED) is 0.568. The van der Waals surface area contributed by atoms with Crippen LogP contribution >= 0.6 is 0 Å². The Labute approximate surface area is 111 Å². The number of ether oxygens (including phenoxy) is 1. The van der Waals surface area contributed by atoms with Gasteiger partial charge in [0.2, 0.25) is 10.0 Å². The van der Waals surface area contributed by atoms with E-state index in [1.807, 2.05) is 0 Å². The van der Waals surface area contributed by atoms with Crippen molar-refractivity contribution in [2.24, 2.45) is 0 Å². The monoisotopic (exact) mass is 278 g/mol. The van der Waals surface area contributed by atoms with E-state index < -0.39 is 10.0 Å². The number of sulfonamides is 1. The second kappa shape index (κ2) is 8.09. The van der Waals surface area contributed by atoms with Gasteiger partial charge in [-0.3, -0.25) is 0 Å². The number of hydrogen-bond donors (Lipinski definition) is 1. The van der Waals surface area contributed by atoms with E-state index in [0.29, 0.717) is 13.2 Å². The van der Waals surface area contributed by atoms with E-state index in [1.54, 1.807) is 11.4 Å². The largest absolute Gasteiger partial charge is 0.383 e. The number of nitrogens with one attached hydrogen (secondary N) is 1. The van der Waals surface area contributed by atoms with Gasteiger partial charge in [-0.25, -0.2) is 8.42 Å². The fourth-order valence-corrected chi connectivity index (χ4v) is 3.74. The summed E-state index contributed by atoms with van der Waals surface area (Å²) in [7, 11) is -1.49. The molecule has 5 nitrogen and oxygen atoms in total. The predicted molar refractivity (Wildman–Crippen MR) is 73.2 cm³/mol. The lowest BCUT2D eigenvalue weighted by Crippen LogP contribution is -2.37. The van der Waals surface area contributed by atoms with Crippen molar-refractivity contribution in [1.82, 2.24) is 9.62 Å². The SMILES string of the molecule is CCNCCCCS(=O)(=O)N(CCOC)C1CC1. The van der Waals surface area contributed by atoms with Gasteiger partial charge in [0.1, 0.15) is 0 Å². The highest BCUT2D eigenvalue weighted by Gasteiger charge is 2.36. The third kappa shape index (κ3) is 5.65. The average molecular weight is 278 g/mol. The van der Waals surface area contributed by atoms with Crippen molar-refractivity contribution in [2.45, 2.75) is 38.6 Å². The smallest absolute Gasteiger partial charge is 0.214 e. The molecule has 0 aromatic heterocycles. The van der Waals surface area contributed by atoms with Gasteiger partial charge < -0.3 is 10.1 Å². The van der Waals surface area contributed by atoms with Crippen LogP contribution in [0, 0.1) is 0 Å². The summed E-state index contributed by atoms with van der Waals surface area (Å²) in [5.41, 5.74) is 0. The standard InChI is InChI=1S/C12H26N2O3S/c1-3-13-8-4-5-11-18(15,16)14(9-10-17-2)12-6-7-12/h12-13H,3-11H2,1-2H3. The molecule has 1 aliphatic rings. The summed E-state index contributed by atoms with van der Waals surface area (Å²) in [6.45, 7) is 4.86. The Morgan fingerprint density at radius 3 is 2.61 bits per heavy atom. The predicted octanol–water partition coefficient (Wildman–Crippen LogP) is 0.817. The lowest BCUT2D eigenvalue weighted by molar-refractivity contribution is 0.177. The van der Waals surface area contributed by atoms with Crippen LogP contribution in [-0.2, 0) is 14.8 Å². The average Bonchev–Trinajstić information content (AvgIpc) is 3.13. The minimum absolute atomic E-state index is 0.235. The maximum absolute atomic E-state index is 12.2. The van der Waals surface area contributed by atoms with Gasteiger partial charge >= 0.3 is 0 Å². The van der Waals surface area contributed by atoms with Crippen molar-refractivity contribution in [3.63, 3.8) is 0 Å². The third-order valence-electron chi connectivity index (χ3n) is 3.08. The molecule has 0 aliphatic heterocycles. The van der Waals surface area contributed by atoms with E-state index in [1.165, 1.54) is 0 Å². The first-order valence-electron chi connectivity index (χ1n) is 6.81. The van der Waals surface area contributed by atoms with Gasteiger partial charge in [0.15, 0.2) is 0 Å². The van der Waals surface area contributed by atoms with Crippen LogP contribution < -0.4 is 5.32 Å². The van der Waals surface area contributed by atoms with E-state index in [4.69, 9.17) is 4.74 Å². The highest BCUT2D eigenvalue weighted by Crippen LogP contribution is 2.29. The zero-order valence-corrected chi connectivity index (χ0v) is 12.3. The summed E-state index contributed by atoms with van der Waals surface area (Å²) in [6, 6.07) is 0.235. The lowest BCUT2D eigenvalue weighted by atomic mass is 10.3. The number of rotatable bonds is 11. The fourth-order valence-electron chi connectivity index (χ4n) is 1.92. The van der Waals surface area contributed by atoms with Crippen LogP contribution in [0.5, 0.6) is 0 Å². The first kappa shape index (κ1) is 15.9. The number of nitrogens with zero attached hydrogens (tertiary/aromatic N) is 1. The Balaban J connectivity index is 2.33. The van der Waals surface area contributed by atoms with Crippen molar-refractivity contribution >= 4 is 10.0 Å². The highest BCUT2D eigenvalue weighted by atomic mass is 32.2. The highest BCUT2D eigenvalue weighted by molar-refractivity contribution is 7.89. The summed E-state index contributed by atoms with van der Waals surface area (Å²) in [5, 5.41) is 3.20. The normalized spacial score (nSPS) is 16.4. The molecule has 1 aliphatic carbocycles. The maximum atomic E-state index is 12.2. The molecule has 0 heterocycles. The van der Waals surface area contributed by atoms with Crippen LogP contribution in [0.15, 0.2) is 0 Å². The second-order valence-electron chi connectivity index (χ2n) is 4.71. The number of hydrogen-bond acceptors (Lipinski definition) is 4. The van der Waals surface area contributed by atoms with Crippen molar-refractivity contribution in [3.8, 4) is 0 Å². The summed E-state index contributed by atoms with van der Waals surface area (Å²) in [6.07, 6.45) is 3.64. The molecular formula is C12H26N2O3S. The van der Waals surface area contributed by atoms with Crippen molar-refractivity contribution in [3.05, 3.63) is 0 Å². The molecule has 18 heavy (non-hydrogen) atoms. The number of unbranched alkanes of at least 4 members (excludes halogenated alkanes) is 1. The fraction of sp³-hybridized carbons (Fsp3) is 1.00. The molecule has 0 spiro atoms. The van der Waals surface area contributed by atoms with Crippen LogP contribution in [0.4, 0.5) is 0 Å². The van der Waals surface area contributed by atoms with Crippen molar-refractivity contribution in [1.29, 1.82) is 0 Å². The maximum Gasteiger partial charge on any atom is 0.214 e. The Kier molecular flexibility index (Phi) is 7.14. The Hall–Kier alpha value is -0.170. The summed E-state index contributed by atoms with van der Waals surface area (Å²) in [4.78, 5) is 0. The number of methoxy groups -OCH3 is 1. The minimum atomic E-state index is -3.09. The van der Waals surface area contributed by atoms with E-state index >= 15 is 0 Å².